The maximum atomic E-state index is 12.1. The number of nitrogens with one attached hydrogen (secondary N) is 1. The molecule has 0 heterocycles. The number of amides is 1. The molecule has 0 bridgehead atoms. The Kier molecular flexibility index (Phi) is 6.03. The highest BCUT2D eigenvalue weighted by Gasteiger charge is 2.15. The molecule has 1 N–H and O–H groups in total. The molecule has 0 unspecified atom stereocenters. The Bertz CT molecular complexity index is 640. The van der Waals surface area contributed by atoms with Crippen LogP contribution in [0.15, 0.2) is 48.5 Å². The van der Waals surface area contributed by atoms with E-state index < -0.39 is 6.10 Å². The molecule has 0 radical (unpaired) electrons. The first kappa shape index (κ1) is 16.9. The first-order chi connectivity index (χ1) is 11.1. The van der Waals surface area contributed by atoms with Gasteiger partial charge in [0, 0.05) is 0 Å². The van der Waals surface area contributed by atoms with Crippen molar-refractivity contribution in [1.29, 1.82) is 0 Å². The van der Waals surface area contributed by atoms with Gasteiger partial charge in [0.2, 0.25) is 0 Å². The molecule has 2 aromatic rings. The summed E-state index contributed by atoms with van der Waals surface area (Å²) in [7, 11) is 0. The quantitative estimate of drug-likeness (QED) is 0.798. The third-order valence-electron chi connectivity index (χ3n) is 3.43. The SMILES string of the molecule is Cc1ccc(C)c(O[C@@H](C)C(=O)NCCOc2ccccc2)c1. The van der Waals surface area contributed by atoms with Crippen LogP contribution < -0.4 is 14.8 Å². The highest BCUT2D eigenvalue weighted by Crippen LogP contribution is 2.20. The summed E-state index contributed by atoms with van der Waals surface area (Å²) >= 11 is 0. The van der Waals surface area contributed by atoms with Gasteiger partial charge < -0.3 is 14.8 Å². The first-order valence-corrected chi connectivity index (χ1v) is 7.76. The molecule has 0 saturated heterocycles. The topological polar surface area (TPSA) is 47.6 Å². The predicted octanol–water partition coefficient (Wildman–Crippen LogP) is 3.27. The van der Waals surface area contributed by atoms with Gasteiger partial charge in [-0.3, -0.25) is 4.79 Å². The monoisotopic (exact) mass is 313 g/mol. The van der Waals surface area contributed by atoms with Crippen molar-refractivity contribution >= 4 is 5.91 Å². The van der Waals surface area contributed by atoms with Crippen molar-refractivity contribution in [2.75, 3.05) is 13.2 Å². The smallest absolute Gasteiger partial charge is 0.260 e. The summed E-state index contributed by atoms with van der Waals surface area (Å²) in [6.07, 6.45) is -0.549. The van der Waals surface area contributed by atoms with Crippen molar-refractivity contribution in [1.82, 2.24) is 5.32 Å². The Balaban J connectivity index is 1.75. The molecule has 1 atom stereocenters. The minimum absolute atomic E-state index is 0.150. The van der Waals surface area contributed by atoms with Crippen molar-refractivity contribution in [2.24, 2.45) is 0 Å². The fourth-order valence-corrected chi connectivity index (χ4v) is 2.08. The van der Waals surface area contributed by atoms with Crippen LogP contribution in [0.25, 0.3) is 0 Å². The lowest BCUT2D eigenvalue weighted by Crippen LogP contribution is -2.38. The number of carbonyl (C=O) groups excluding carboxylic acids is 1. The molecule has 23 heavy (non-hydrogen) atoms. The summed E-state index contributed by atoms with van der Waals surface area (Å²) in [5.74, 6) is 1.39. The minimum atomic E-state index is -0.549. The highest BCUT2D eigenvalue weighted by atomic mass is 16.5. The zero-order valence-corrected chi connectivity index (χ0v) is 13.8. The fourth-order valence-electron chi connectivity index (χ4n) is 2.08. The number of rotatable bonds is 7. The zero-order valence-electron chi connectivity index (χ0n) is 13.8. The molecule has 0 fully saturated rings. The van der Waals surface area contributed by atoms with E-state index in [0.29, 0.717) is 13.2 Å². The molecule has 0 aliphatic rings. The van der Waals surface area contributed by atoms with E-state index in [2.05, 4.69) is 5.32 Å². The van der Waals surface area contributed by atoms with Gasteiger partial charge in [-0.15, -0.1) is 0 Å². The van der Waals surface area contributed by atoms with Crippen molar-refractivity contribution < 1.29 is 14.3 Å². The van der Waals surface area contributed by atoms with Gasteiger partial charge in [0.15, 0.2) is 6.10 Å². The lowest BCUT2D eigenvalue weighted by molar-refractivity contribution is -0.127. The number of ether oxygens (including phenoxy) is 2. The Morgan fingerprint density at radius 1 is 1.13 bits per heavy atom. The van der Waals surface area contributed by atoms with Crippen LogP contribution in [0.2, 0.25) is 0 Å². The standard InChI is InChI=1S/C19H23NO3/c1-14-9-10-15(2)18(13-14)23-16(3)19(21)20-11-12-22-17-7-5-4-6-8-17/h4-10,13,16H,11-12H2,1-3H3,(H,20,21)/t16-/m0/s1. The van der Waals surface area contributed by atoms with E-state index in [1.807, 2.05) is 62.4 Å². The van der Waals surface area contributed by atoms with Crippen molar-refractivity contribution in [3.8, 4) is 11.5 Å². The summed E-state index contributed by atoms with van der Waals surface area (Å²) in [4.78, 5) is 12.1. The van der Waals surface area contributed by atoms with Crippen LogP contribution in [0.1, 0.15) is 18.1 Å². The minimum Gasteiger partial charge on any atom is -0.492 e. The summed E-state index contributed by atoms with van der Waals surface area (Å²) < 4.78 is 11.3. The van der Waals surface area contributed by atoms with Crippen LogP contribution in [-0.4, -0.2) is 25.2 Å². The Morgan fingerprint density at radius 2 is 1.87 bits per heavy atom. The molecular formula is C19H23NO3. The number of hydrogen-bond donors (Lipinski definition) is 1. The van der Waals surface area contributed by atoms with Crippen molar-refractivity contribution in [3.05, 3.63) is 59.7 Å². The molecular weight excluding hydrogens is 290 g/mol. The van der Waals surface area contributed by atoms with Gasteiger partial charge in [0.05, 0.1) is 6.54 Å². The Hall–Kier alpha value is -2.49. The van der Waals surface area contributed by atoms with Crippen LogP contribution >= 0.6 is 0 Å². The van der Waals surface area contributed by atoms with Crippen LogP contribution in [0.5, 0.6) is 11.5 Å². The van der Waals surface area contributed by atoms with Crippen molar-refractivity contribution in [3.63, 3.8) is 0 Å². The summed E-state index contributed by atoms with van der Waals surface area (Å²) in [6, 6.07) is 15.5. The molecule has 0 aliphatic carbocycles. The van der Waals surface area contributed by atoms with E-state index >= 15 is 0 Å². The normalized spacial score (nSPS) is 11.6. The average Bonchev–Trinajstić information content (AvgIpc) is 2.55. The third kappa shape index (κ3) is 5.33. The van der Waals surface area contributed by atoms with E-state index in [4.69, 9.17) is 9.47 Å². The van der Waals surface area contributed by atoms with Gasteiger partial charge in [0.1, 0.15) is 18.1 Å². The summed E-state index contributed by atoms with van der Waals surface area (Å²) in [5, 5.41) is 2.82. The van der Waals surface area contributed by atoms with Gasteiger partial charge in [-0.05, 0) is 50.1 Å². The molecule has 4 nitrogen and oxygen atoms in total. The summed E-state index contributed by atoms with van der Waals surface area (Å²) in [6.45, 7) is 6.57. The van der Waals surface area contributed by atoms with Crippen LogP contribution in [0, 0.1) is 13.8 Å². The lowest BCUT2D eigenvalue weighted by Gasteiger charge is -2.17. The second kappa shape index (κ2) is 8.22. The van der Waals surface area contributed by atoms with Gasteiger partial charge in [-0.1, -0.05) is 30.3 Å². The second-order valence-electron chi connectivity index (χ2n) is 5.48. The molecule has 4 heteroatoms. The second-order valence-corrected chi connectivity index (χ2v) is 5.48. The lowest BCUT2D eigenvalue weighted by atomic mass is 10.1. The molecule has 0 spiro atoms. The molecule has 1 amide bonds. The molecule has 2 aromatic carbocycles. The largest absolute Gasteiger partial charge is 0.492 e. The summed E-state index contributed by atoms with van der Waals surface area (Å²) in [5.41, 5.74) is 2.12. The van der Waals surface area contributed by atoms with Gasteiger partial charge in [-0.25, -0.2) is 0 Å². The van der Waals surface area contributed by atoms with E-state index in [0.717, 1.165) is 22.6 Å². The zero-order chi connectivity index (χ0) is 16.7. The van der Waals surface area contributed by atoms with E-state index in [1.54, 1.807) is 6.92 Å². The fraction of sp³-hybridized carbons (Fsp3) is 0.316. The van der Waals surface area contributed by atoms with Crippen LogP contribution in [0.3, 0.4) is 0 Å². The maximum Gasteiger partial charge on any atom is 0.260 e. The molecule has 122 valence electrons. The molecule has 0 saturated carbocycles. The van der Waals surface area contributed by atoms with E-state index in [-0.39, 0.29) is 5.91 Å². The Labute approximate surface area is 137 Å². The molecule has 0 aromatic heterocycles. The van der Waals surface area contributed by atoms with E-state index in [1.165, 1.54) is 0 Å². The van der Waals surface area contributed by atoms with E-state index in [9.17, 15) is 4.79 Å². The van der Waals surface area contributed by atoms with Crippen LogP contribution in [-0.2, 0) is 4.79 Å². The van der Waals surface area contributed by atoms with Crippen molar-refractivity contribution in [2.45, 2.75) is 26.9 Å². The first-order valence-electron chi connectivity index (χ1n) is 7.76. The number of carbonyl (C=O) groups is 1. The van der Waals surface area contributed by atoms with Gasteiger partial charge >= 0.3 is 0 Å². The van der Waals surface area contributed by atoms with Gasteiger partial charge in [0.25, 0.3) is 5.91 Å². The number of aryl methyl sites for hydroxylation is 2. The number of benzene rings is 2. The van der Waals surface area contributed by atoms with Crippen LogP contribution in [0.4, 0.5) is 0 Å². The number of hydrogen-bond acceptors (Lipinski definition) is 3. The maximum absolute atomic E-state index is 12.1. The predicted molar refractivity (Wildman–Crippen MR) is 91.0 cm³/mol. The third-order valence-corrected chi connectivity index (χ3v) is 3.43. The molecule has 0 aliphatic heterocycles. The highest BCUT2D eigenvalue weighted by molar-refractivity contribution is 5.80. The van der Waals surface area contributed by atoms with Gasteiger partial charge in [-0.2, -0.15) is 0 Å². The Morgan fingerprint density at radius 3 is 2.61 bits per heavy atom. The number of para-hydroxylation sites is 1. The average molecular weight is 313 g/mol. The molecule has 2 rings (SSSR count).